The van der Waals surface area contributed by atoms with E-state index in [2.05, 4.69) is 20.6 Å². The second-order valence-corrected chi connectivity index (χ2v) is 13.9. The maximum atomic E-state index is 11.5. The number of carbonyl (C=O) groups is 2. The van der Waals surface area contributed by atoms with Crippen LogP contribution in [0, 0.1) is 5.92 Å². The van der Waals surface area contributed by atoms with Crippen molar-refractivity contribution in [3.63, 3.8) is 0 Å². The van der Waals surface area contributed by atoms with Gasteiger partial charge in [0, 0.05) is 12.1 Å². The Hall–Kier alpha value is -3.55. The lowest BCUT2D eigenvalue weighted by atomic mass is 9.98. The molecule has 48 heavy (non-hydrogen) atoms. The van der Waals surface area contributed by atoms with Crippen molar-refractivity contribution >= 4 is 12.4 Å². The van der Waals surface area contributed by atoms with Crippen molar-refractivity contribution < 1.29 is 14.7 Å². The molecule has 2 fully saturated rings. The van der Waals surface area contributed by atoms with Crippen molar-refractivity contribution in [2.24, 2.45) is 5.92 Å². The van der Waals surface area contributed by atoms with E-state index in [1.165, 1.54) is 133 Å². The molecule has 8 nitrogen and oxygen atoms in total. The molecule has 2 saturated carbocycles. The van der Waals surface area contributed by atoms with Gasteiger partial charge >= 0.3 is 5.97 Å². The van der Waals surface area contributed by atoms with Gasteiger partial charge in [-0.2, -0.15) is 5.21 Å². The number of aliphatic carboxylic acids is 1. The van der Waals surface area contributed by atoms with Crippen molar-refractivity contribution in [2.75, 3.05) is 0 Å². The van der Waals surface area contributed by atoms with E-state index in [1.807, 2.05) is 48.5 Å². The highest BCUT2D eigenvalue weighted by molar-refractivity contribution is 5.80. The first-order chi connectivity index (χ1) is 23.5. The van der Waals surface area contributed by atoms with E-state index >= 15 is 0 Å². The number of aromatic amines is 1. The topological polar surface area (TPSA) is 112 Å². The molecule has 8 heteroatoms. The molecule has 3 aromatic rings. The first-order valence-electron chi connectivity index (χ1n) is 18.9. The van der Waals surface area contributed by atoms with Crippen LogP contribution in [0.3, 0.4) is 0 Å². The lowest BCUT2D eigenvalue weighted by Gasteiger charge is -2.28. The highest BCUT2D eigenvalue weighted by Gasteiger charge is 2.27. The molecule has 264 valence electrons. The van der Waals surface area contributed by atoms with Crippen LogP contribution in [-0.4, -0.2) is 49.1 Å². The minimum absolute atomic E-state index is 0.191. The number of tetrazole rings is 1. The molecule has 0 saturated heterocycles. The fourth-order valence-corrected chi connectivity index (χ4v) is 6.75. The molecule has 2 N–H and O–H groups in total. The van der Waals surface area contributed by atoms with E-state index < -0.39 is 12.0 Å². The Morgan fingerprint density at radius 3 is 1.46 bits per heavy atom. The summed E-state index contributed by atoms with van der Waals surface area (Å²) < 4.78 is 0. The lowest BCUT2D eigenvalue weighted by Crippen LogP contribution is -2.43. The largest absolute Gasteiger partial charge is 0.480 e. The molecular formula is C40H61N5O3. The van der Waals surface area contributed by atoms with Gasteiger partial charge in [-0.1, -0.05) is 191 Å². The SMILES string of the molecule is C1CCCCCCCCC1.C1CCCCCCCCC1.CC(C)C(C(=O)O)N(C=O)Cc1ccc(-c2ccccc2-c2nn[nH]n2)cc1. The zero-order chi connectivity index (χ0) is 34.2. The van der Waals surface area contributed by atoms with Crippen molar-refractivity contribution in [3.8, 4) is 22.5 Å². The summed E-state index contributed by atoms with van der Waals surface area (Å²) in [6, 6.07) is 14.5. The molecule has 5 rings (SSSR count). The first-order valence-corrected chi connectivity index (χ1v) is 18.9. The number of carboxylic acid groups (broad SMARTS) is 1. The zero-order valence-corrected chi connectivity index (χ0v) is 29.8. The molecule has 0 radical (unpaired) electrons. The summed E-state index contributed by atoms with van der Waals surface area (Å²) in [6.45, 7) is 3.80. The normalized spacial score (nSPS) is 17.0. The Morgan fingerprint density at radius 1 is 0.708 bits per heavy atom. The Bertz CT molecular complexity index is 1180. The van der Waals surface area contributed by atoms with Crippen LogP contribution in [0.15, 0.2) is 48.5 Å². The summed E-state index contributed by atoms with van der Waals surface area (Å²) >= 11 is 0. The van der Waals surface area contributed by atoms with E-state index in [9.17, 15) is 14.7 Å². The van der Waals surface area contributed by atoms with Crippen LogP contribution in [0.5, 0.6) is 0 Å². The highest BCUT2D eigenvalue weighted by atomic mass is 16.4. The van der Waals surface area contributed by atoms with E-state index in [4.69, 9.17) is 0 Å². The third-order valence-corrected chi connectivity index (χ3v) is 9.52. The Balaban J connectivity index is 0.000000253. The summed E-state index contributed by atoms with van der Waals surface area (Å²) in [4.78, 5) is 24.3. The van der Waals surface area contributed by atoms with Crippen LogP contribution in [0.4, 0.5) is 0 Å². The number of carbonyl (C=O) groups excluding carboxylic acids is 1. The van der Waals surface area contributed by atoms with Gasteiger partial charge in [-0.15, -0.1) is 10.2 Å². The van der Waals surface area contributed by atoms with Crippen molar-refractivity contribution in [3.05, 3.63) is 54.1 Å². The molecular weight excluding hydrogens is 598 g/mol. The van der Waals surface area contributed by atoms with Gasteiger partial charge in [-0.25, -0.2) is 4.79 Å². The van der Waals surface area contributed by atoms with Crippen LogP contribution in [0.1, 0.15) is 148 Å². The summed E-state index contributed by atoms with van der Waals surface area (Å²) in [6.07, 6.45) is 30.6. The second kappa shape index (κ2) is 23.7. The van der Waals surface area contributed by atoms with Crippen LogP contribution >= 0.6 is 0 Å². The van der Waals surface area contributed by atoms with Gasteiger partial charge < -0.3 is 10.0 Å². The van der Waals surface area contributed by atoms with Crippen LogP contribution in [0.25, 0.3) is 22.5 Å². The Kier molecular flexibility index (Phi) is 19.2. The number of hydrogen-bond donors (Lipinski definition) is 2. The van der Waals surface area contributed by atoms with Crippen molar-refractivity contribution in [2.45, 2.75) is 155 Å². The molecule has 1 atom stereocenters. The highest BCUT2D eigenvalue weighted by Crippen LogP contribution is 2.30. The molecule has 2 aliphatic rings. The average molecular weight is 660 g/mol. The number of nitrogens with one attached hydrogen (secondary N) is 1. The maximum absolute atomic E-state index is 11.5. The number of aromatic nitrogens is 4. The predicted molar refractivity (Wildman–Crippen MR) is 195 cm³/mol. The van der Waals surface area contributed by atoms with E-state index in [0.29, 0.717) is 12.2 Å². The van der Waals surface area contributed by atoms with Gasteiger partial charge in [0.25, 0.3) is 0 Å². The summed E-state index contributed by atoms with van der Waals surface area (Å²) in [5.41, 5.74) is 3.61. The quantitative estimate of drug-likeness (QED) is 0.233. The molecule has 1 aromatic heterocycles. The van der Waals surface area contributed by atoms with Crippen molar-refractivity contribution in [1.29, 1.82) is 0 Å². The Morgan fingerprint density at radius 2 is 1.12 bits per heavy atom. The third-order valence-electron chi connectivity index (χ3n) is 9.52. The molecule has 0 bridgehead atoms. The minimum Gasteiger partial charge on any atom is -0.480 e. The fraction of sp³-hybridized carbons (Fsp3) is 0.625. The average Bonchev–Trinajstić information content (AvgIpc) is 3.65. The first kappa shape index (κ1) is 38.9. The lowest BCUT2D eigenvalue weighted by molar-refractivity contribution is -0.148. The molecule has 1 amide bonds. The molecule has 2 aromatic carbocycles. The molecule has 0 aliphatic heterocycles. The van der Waals surface area contributed by atoms with Gasteiger partial charge in [-0.3, -0.25) is 4.79 Å². The number of hydrogen-bond acceptors (Lipinski definition) is 5. The molecule has 1 heterocycles. The monoisotopic (exact) mass is 659 g/mol. The summed E-state index contributed by atoms with van der Waals surface area (Å²) in [5.74, 6) is -0.690. The summed E-state index contributed by atoms with van der Waals surface area (Å²) in [7, 11) is 0. The number of rotatable bonds is 8. The van der Waals surface area contributed by atoms with Crippen LogP contribution < -0.4 is 0 Å². The van der Waals surface area contributed by atoms with Gasteiger partial charge in [0.2, 0.25) is 12.2 Å². The number of amides is 1. The van der Waals surface area contributed by atoms with Gasteiger partial charge in [0.1, 0.15) is 6.04 Å². The number of nitrogens with zero attached hydrogens (tertiary/aromatic N) is 4. The molecule has 2 aliphatic carbocycles. The predicted octanol–water partition coefficient (Wildman–Crippen LogP) is 10.4. The number of carboxylic acids is 1. The van der Waals surface area contributed by atoms with Crippen LogP contribution in [0.2, 0.25) is 0 Å². The zero-order valence-electron chi connectivity index (χ0n) is 29.8. The maximum Gasteiger partial charge on any atom is 0.326 e. The van der Waals surface area contributed by atoms with E-state index in [1.54, 1.807) is 13.8 Å². The standard InChI is InChI=1S/C20H21N5O3.2C10H20/c1-13(2)18(20(27)28)25(12-26)11-14-7-9-15(10-8-14)16-5-3-4-6-17(16)19-21-23-24-22-19;2*1-2-4-6-8-10-9-7-5-3-1/h3-10,12-13,18H,11H2,1-2H3,(H,27,28)(H,21,22,23,24);2*1-10H2. The summed E-state index contributed by atoms with van der Waals surface area (Å²) in [5, 5.41) is 23.6. The minimum atomic E-state index is -1.01. The van der Waals surface area contributed by atoms with Crippen molar-refractivity contribution in [1.82, 2.24) is 25.5 Å². The fourth-order valence-electron chi connectivity index (χ4n) is 6.75. The van der Waals surface area contributed by atoms with Gasteiger partial charge in [0.15, 0.2) is 0 Å². The van der Waals surface area contributed by atoms with Crippen LogP contribution in [-0.2, 0) is 16.1 Å². The number of H-pyrrole nitrogens is 1. The van der Waals surface area contributed by atoms with E-state index in [0.717, 1.165) is 22.3 Å². The molecule has 1 unspecified atom stereocenters. The smallest absolute Gasteiger partial charge is 0.326 e. The Labute approximate surface area is 289 Å². The van der Waals surface area contributed by atoms with Gasteiger partial charge in [-0.05, 0) is 27.8 Å². The number of benzene rings is 2. The molecule has 0 spiro atoms. The second-order valence-electron chi connectivity index (χ2n) is 13.9. The van der Waals surface area contributed by atoms with Gasteiger partial charge in [0.05, 0.1) is 0 Å². The van der Waals surface area contributed by atoms with E-state index in [-0.39, 0.29) is 12.5 Å². The third kappa shape index (κ3) is 14.7.